The lowest BCUT2D eigenvalue weighted by atomic mass is 10.1. The van der Waals surface area contributed by atoms with E-state index >= 15 is 0 Å². The Hall–Kier alpha value is -2.14. The number of aromatic nitrogens is 4. The molecule has 2 saturated heterocycles. The first-order valence-corrected chi connectivity index (χ1v) is 13.8. The molecule has 2 fully saturated rings. The smallest absolute Gasteiger partial charge is 0.228 e. The Morgan fingerprint density at radius 2 is 1.76 bits per heavy atom. The highest BCUT2D eigenvalue weighted by Gasteiger charge is 2.27. The molecule has 0 amide bonds. The number of hydrogen-bond acceptors (Lipinski definition) is 9. The van der Waals surface area contributed by atoms with Crippen LogP contribution >= 0.6 is 11.8 Å². The summed E-state index contributed by atoms with van der Waals surface area (Å²) in [5.41, 5.74) is 2.80. The van der Waals surface area contributed by atoms with Crippen molar-refractivity contribution in [1.82, 2.24) is 19.9 Å². The van der Waals surface area contributed by atoms with E-state index in [1.54, 1.807) is 25.2 Å². The highest BCUT2D eigenvalue weighted by atomic mass is 32.2. The fourth-order valence-corrected chi connectivity index (χ4v) is 6.18. The normalized spacial score (nSPS) is 18.2. The molecule has 0 unspecified atom stereocenters. The van der Waals surface area contributed by atoms with Gasteiger partial charge in [0.15, 0.2) is 5.82 Å². The molecule has 4 heterocycles. The average Bonchev–Trinajstić information content (AvgIpc) is 2.88. The second-order valence-corrected chi connectivity index (χ2v) is 10.9. The van der Waals surface area contributed by atoms with Crippen molar-refractivity contribution in [3.8, 4) is 0 Å². The fourth-order valence-electron chi connectivity index (χ4n) is 4.23. The minimum absolute atomic E-state index is 0.290. The number of hydrogen-bond donors (Lipinski definition) is 0. The summed E-state index contributed by atoms with van der Waals surface area (Å²) >= 11 is 0.913. The Kier molecular flexibility index (Phi) is 7.15. The molecule has 1 aromatic carbocycles. The van der Waals surface area contributed by atoms with Gasteiger partial charge in [0.1, 0.15) is 33.9 Å². The van der Waals surface area contributed by atoms with Gasteiger partial charge in [-0.2, -0.15) is 4.98 Å². The third kappa shape index (κ3) is 5.18. The standard InChI is InChI=1S/C23H28N6O2S2/c1-31-18-7-9-29(10-8-18)23-26-20-19(21(27-23)28-11-13-33(30)14-12-28)24-16-25-22(20)32-15-17-5-3-2-4-6-17/h2-6,16,18H,7-15H2,1H3. The fraction of sp³-hybridized carbons (Fsp3) is 0.478. The Morgan fingerprint density at radius 3 is 2.48 bits per heavy atom. The van der Waals surface area contributed by atoms with Crippen molar-refractivity contribution >= 4 is 45.7 Å². The molecule has 33 heavy (non-hydrogen) atoms. The number of thioether (sulfide) groups is 1. The van der Waals surface area contributed by atoms with Gasteiger partial charge in [0, 0.05) is 26.0 Å². The second-order valence-electron chi connectivity index (χ2n) is 8.25. The molecule has 3 aromatic rings. The van der Waals surface area contributed by atoms with Crippen LogP contribution in [0.25, 0.3) is 11.0 Å². The first kappa shape index (κ1) is 22.6. The summed E-state index contributed by atoms with van der Waals surface area (Å²) in [7, 11) is 1.78. The summed E-state index contributed by atoms with van der Waals surface area (Å²) in [5.74, 6) is 3.66. The summed E-state index contributed by atoms with van der Waals surface area (Å²) in [4.78, 5) is 23.6. The zero-order chi connectivity index (χ0) is 22.6. The van der Waals surface area contributed by atoms with Gasteiger partial charge >= 0.3 is 0 Å². The van der Waals surface area contributed by atoms with Crippen molar-refractivity contribution < 1.29 is 9.29 Å². The minimum Gasteiger partial charge on any atom is -0.616 e. The molecule has 0 atom stereocenters. The largest absolute Gasteiger partial charge is 0.616 e. The quantitative estimate of drug-likeness (QED) is 0.298. The zero-order valence-electron chi connectivity index (χ0n) is 18.7. The van der Waals surface area contributed by atoms with E-state index < -0.39 is 11.2 Å². The average molecular weight is 485 g/mol. The monoisotopic (exact) mass is 484 g/mol. The van der Waals surface area contributed by atoms with Gasteiger partial charge in [0.2, 0.25) is 5.95 Å². The molecule has 0 saturated carbocycles. The zero-order valence-corrected chi connectivity index (χ0v) is 20.4. The van der Waals surface area contributed by atoms with E-state index in [1.165, 1.54) is 5.56 Å². The van der Waals surface area contributed by atoms with Crippen LogP contribution in [0.15, 0.2) is 41.7 Å². The lowest BCUT2D eigenvalue weighted by molar-refractivity contribution is 0.0817. The molecule has 0 N–H and O–H groups in total. The van der Waals surface area contributed by atoms with E-state index in [0.29, 0.717) is 30.7 Å². The first-order chi connectivity index (χ1) is 16.2. The maximum absolute atomic E-state index is 12.0. The van der Waals surface area contributed by atoms with Crippen LogP contribution < -0.4 is 9.80 Å². The molecule has 2 aliphatic rings. The van der Waals surface area contributed by atoms with E-state index in [4.69, 9.17) is 14.7 Å². The molecular formula is C23H28N6O2S2. The second kappa shape index (κ2) is 10.4. The number of piperidine rings is 1. The number of anilines is 2. The molecule has 174 valence electrons. The van der Waals surface area contributed by atoms with Gasteiger partial charge in [-0.05, 0) is 18.4 Å². The lowest BCUT2D eigenvalue weighted by Crippen LogP contribution is -2.41. The van der Waals surface area contributed by atoms with Gasteiger partial charge in [0.05, 0.1) is 19.2 Å². The van der Waals surface area contributed by atoms with Gasteiger partial charge in [-0.15, -0.1) is 0 Å². The molecule has 2 aromatic heterocycles. The van der Waals surface area contributed by atoms with Gasteiger partial charge in [-0.1, -0.05) is 53.3 Å². The molecule has 0 aliphatic carbocycles. The van der Waals surface area contributed by atoms with Crippen LogP contribution in [-0.2, 0) is 21.7 Å². The number of fused-ring (bicyclic) bond motifs is 1. The summed E-state index contributed by atoms with van der Waals surface area (Å²) in [6, 6.07) is 10.4. The van der Waals surface area contributed by atoms with Crippen molar-refractivity contribution in [3.05, 3.63) is 42.2 Å². The Bertz CT molecular complexity index is 1070. The SMILES string of the molecule is COC1CCN(c2nc(N3CC[S+]([O-])CC3)c3ncnc(SCc4ccccc4)c3n2)CC1. The topological polar surface area (TPSA) is 90.3 Å². The van der Waals surface area contributed by atoms with Crippen LogP contribution in [0.4, 0.5) is 11.8 Å². The number of ether oxygens (including phenoxy) is 1. The minimum atomic E-state index is -0.758. The predicted octanol–water partition coefficient (Wildman–Crippen LogP) is 2.90. The van der Waals surface area contributed by atoms with Gasteiger partial charge < -0.3 is 19.1 Å². The molecule has 0 radical (unpaired) electrons. The van der Waals surface area contributed by atoms with Crippen molar-refractivity contribution in [2.24, 2.45) is 0 Å². The third-order valence-electron chi connectivity index (χ3n) is 6.17. The Morgan fingerprint density at radius 1 is 1.00 bits per heavy atom. The molecule has 0 bridgehead atoms. The van der Waals surface area contributed by atoms with Crippen molar-refractivity contribution in [2.45, 2.75) is 29.7 Å². The molecular weight excluding hydrogens is 456 g/mol. The molecule has 0 spiro atoms. The van der Waals surface area contributed by atoms with Crippen LogP contribution in [0.2, 0.25) is 0 Å². The molecule has 10 heteroatoms. The van der Waals surface area contributed by atoms with E-state index in [0.717, 1.165) is 59.5 Å². The van der Waals surface area contributed by atoms with Gasteiger partial charge in [-0.25, -0.2) is 15.0 Å². The highest BCUT2D eigenvalue weighted by Crippen LogP contribution is 2.33. The van der Waals surface area contributed by atoms with Crippen LogP contribution in [-0.4, -0.2) is 75.4 Å². The van der Waals surface area contributed by atoms with Crippen molar-refractivity contribution in [2.75, 3.05) is 54.6 Å². The number of methoxy groups -OCH3 is 1. The van der Waals surface area contributed by atoms with E-state index in [9.17, 15) is 4.55 Å². The Labute approximate surface area is 201 Å². The number of benzene rings is 1. The third-order valence-corrected chi connectivity index (χ3v) is 8.50. The van der Waals surface area contributed by atoms with E-state index in [-0.39, 0.29) is 0 Å². The lowest BCUT2D eigenvalue weighted by Gasteiger charge is -2.33. The summed E-state index contributed by atoms with van der Waals surface area (Å²) < 4.78 is 17.5. The molecule has 8 nitrogen and oxygen atoms in total. The van der Waals surface area contributed by atoms with Crippen LogP contribution in [0, 0.1) is 0 Å². The predicted molar refractivity (Wildman–Crippen MR) is 133 cm³/mol. The first-order valence-electron chi connectivity index (χ1n) is 11.3. The van der Waals surface area contributed by atoms with Gasteiger partial charge in [0.25, 0.3) is 0 Å². The van der Waals surface area contributed by atoms with Crippen molar-refractivity contribution in [1.29, 1.82) is 0 Å². The number of rotatable bonds is 6. The maximum Gasteiger partial charge on any atom is 0.228 e. The van der Waals surface area contributed by atoms with Gasteiger partial charge in [-0.3, -0.25) is 0 Å². The summed E-state index contributed by atoms with van der Waals surface area (Å²) in [5, 5.41) is 0.862. The maximum atomic E-state index is 12.0. The van der Waals surface area contributed by atoms with E-state index in [1.807, 2.05) is 6.07 Å². The molecule has 2 aliphatic heterocycles. The summed E-state index contributed by atoms with van der Waals surface area (Å²) in [6.07, 6.45) is 3.81. The Balaban J connectivity index is 1.51. The summed E-state index contributed by atoms with van der Waals surface area (Å²) in [6.45, 7) is 3.13. The number of nitrogens with zero attached hydrogens (tertiary/aromatic N) is 6. The van der Waals surface area contributed by atoms with Crippen LogP contribution in [0.1, 0.15) is 18.4 Å². The van der Waals surface area contributed by atoms with Crippen LogP contribution in [0.5, 0.6) is 0 Å². The van der Waals surface area contributed by atoms with Crippen LogP contribution in [0.3, 0.4) is 0 Å². The molecule has 5 rings (SSSR count). The highest BCUT2D eigenvalue weighted by molar-refractivity contribution is 7.98. The van der Waals surface area contributed by atoms with Crippen molar-refractivity contribution in [3.63, 3.8) is 0 Å². The van der Waals surface area contributed by atoms with E-state index in [2.05, 4.69) is 44.0 Å².